The van der Waals surface area contributed by atoms with Gasteiger partial charge in [-0.15, -0.1) is 0 Å². The summed E-state index contributed by atoms with van der Waals surface area (Å²) in [6.07, 6.45) is 3.55. The molecule has 1 heterocycles. The number of carbonyl (C=O) groups excluding carboxylic acids is 1. The van der Waals surface area contributed by atoms with Gasteiger partial charge in [-0.25, -0.2) is 0 Å². The summed E-state index contributed by atoms with van der Waals surface area (Å²) in [4.78, 5) is 20.6. The molecule has 0 atom stereocenters. The molecule has 0 bridgehead atoms. The number of aromatic nitrogens is 1. The van der Waals surface area contributed by atoms with E-state index in [2.05, 4.69) is 10.1 Å². The van der Waals surface area contributed by atoms with Crippen molar-refractivity contribution < 1.29 is 14.4 Å². The van der Waals surface area contributed by atoms with Crippen molar-refractivity contribution in [3.05, 3.63) is 58.3 Å². The third-order valence-electron chi connectivity index (χ3n) is 2.89. The van der Waals surface area contributed by atoms with E-state index >= 15 is 0 Å². The minimum Gasteiger partial charge on any atom is -0.425 e. The van der Waals surface area contributed by atoms with Crippen LogP contribution in [0.3, 0.4) is 0 Å². The Hall–Kier alpha value is -2.11. The van der Waals surface area contributed by atoms with Gasteiger partial charge in [0.1, 0.15) is 12.9 Å². The Balaban J connectivity index is 2.01. The topological polar surface area (TPSA) is 60.8 Å². The van der Waals surface area contributed by atoms with Crippen LogP contribution in [0.5, 0.6) is 5.75 Å². The van der Waals surface area contributed by atoms with Gasteiger partial charge in [0, 0.05) is 18.2 Å². The normalized spacial score (nSPS) is 11.2. The fraction of sp³-hybridized carbons (Fsp3) is 0.188. The van der Waals surface area contributed by atoms with Gasteiger partial charge in [0.05, 0.1) is 28.4 Å². The summed E-state index contributed by atoms with van der Waals surface area (Å²) in [6.45, 7) is 0. The van der Waals surface area contributed by atoms with Gasteiger partial charge in [0.15, 0.2) is 0 Å². The van der Waals surface area contributed by atoms with Crippen LogP contribution in [0.15, 0.2) is 47.9 Å². The summed E-state index contributed by atoms with van der Waals surface area (Å²) in [5, 5.41) is 4.79. The number of carbonyl (C=O) groups is 1. The van der Waals surface area contributed by atoms with Crippen LogP contribution in [0.2, 0.25) is 10.0 Å². The molecule has 1 aromatic carbocycles. The predicted octanol–water partition coefficient (Wildman–Crippen LogP) is 4.12. The van der Waals surface area contributed by atoms with Gasteiger partial charge in [-0.2, -0.15) is 0 Å². The van der Waals surface area contributed by atoms with Gasteiger partial charge >= 0.3 is 5.97 Å². The third kappa shape index (κ3) is 5.23. The van der Waals surface area contributed by atoms with Crippen LogP contribution in [0.25, 0.3) is 0 Å². The summed E-state index contributed by atoms with van der Waals surface area (Å²) in [7, 11) is 1.44. The van der Waals surface area contributed by atoms with E-state index in [1.807, 2.05) is 0 Å². The number of hydrogen-bond acceptors (Lipinski definition) is 5. The first-order valence-electron chi connectivity index (χ1n) is 6.76. The fourth-order valence-corrected chi connectivity index (χ4v) is 2.14. The maximum absolute atomic E-state index is 11.9. The smallest absolute Gasteiger partial charge is 0.311 e. The molecule has 1 aromatic heterocycles. The monoisotopic (exact) mass is 352 g/mol. The second kappa shape index (κ2) is 8.50. The summed E-state index contributed by atoms with van der Waals surface area (Å²) >= 11 is 11.9. The molecule has 5 nitrogen and oxygen atoms in total. The molecule has 120 valence electrons. The quantitative estimate of drug-likeness (QED) is 0.445. The Bertz CT molecular complexity index is 706. The molecule has 0 fully saturated rings. The number of hydrogen-bond donors (Lipinski definition) is 0. The Kier molecular flexibility index (Phi) is 6.38. The number of rotatable bonds is 6. The largest absolute Gasteiger partial charge is 0.425 e. The van der Waals surface area contributed by atoms with Gasteiger partial charge in [-0.1, -0.05) is 34.4 Å². The highest BCUT2D eigenvalue weighted by atomic mass is 35.5. The van der Waals surface area contributed by atoms with E-state index in [0.29, 0.717) is 27.9 Å². The highest BCUT2D eigenvalue weighted by Gasteiger charge is 2.12. The zero-order chi connectivity index (χ0) is 16.7. The van der Waals surface area contributed by atoms with Gasteiger partial charge < -0.3 is 9.57 Å². The summed E-state index contributed by atoms with van der Waals surface area (Å²) in [6, 6.07) is 8.45. The minimum absolute atomic E-state index is 0.136. The average Bonchev–Trinajstić information content (AvgIpc) is 2.55. The summed E-state index contributed by atoms with van der Waals surface area (Å²) in [5.41, 5.74) is 1.31. The third-order valence-corrected chi connectivity index (χ3v) is 3.63. The lowest BCUT2D eigenvalue weighted by atomic mass is 10.1. The summed E-state index contributed by atoms with van der Waals surface area (Å²) in [5.74, 6) is 0.0131. The number of esters is 1. The zero-order valence-electron chi connectivity index (χ0n) is 12.3. The zero-order valence-corrected chi connectivity index (χ0v) is 13.8. The highest BCUT2D eigenvalue weighted by molar-refractivity contribution is 6.42. The maximum atomic E-state index is 11.9. The van der Waals surface area contributed by atoms with Gasteiger partial charge in [0.2, 0.25) is 0 Å². The predicted molar refractivity (Wildman–Crippen MR) is 89.1 cm³/mol. The Morgan fingerprint density at radius 2 is 2.04 bits per heavy atom. The van der Waals surface area contributed by atoms with Crippen molar-refractivity contribution in [1.82, 2.24) is 4.98 Å². The fourth-order valence-electron chi connectivity index (χ4n) is 1.84. The first-order valence-corrected chi connectivity index (χ1v) is 7.52. The molecule has 0 radical (unpaired) electrons. The number of halogens is 2. The molecule has 7 heteroatoms. The van der Waals surface area contributed by atoms with E-state index in [0.717, 1.165) is 5.56 Å². The summed E-state index contributed by atoms with van der Waals surface area (Å²) < 4.78 is 5.18. The molecule has 2 rings (SSSR count). The van der Waals surface area contributed by atoms with Crippen molar-refractivity contribution in [3.63, 3.8) is 0 Å². The second-order valence-electron chi connectivity index (χ2n) is 4.51. The van der Waals surface area contributed by atoms with E-state index < -0.39 is 0 Å². The SMILES string of the molecule is CO/N=C(\CCC(=O)Oc1cccnc1)c1ccc(Cl)c(Cl)c1. The lowest BCUT2D eigenvalue weighted by molar-refractivity contribution is -0.134. The molecule has 0 saturated heterocycles. The van der Waals surface area contributed by atoms with Crippen molar-refractivity contribution in [2.45, 2.75) is 12.8 Å². The number of oxime groups is 1. The Morgan fingerprint density at radius 1 is 1.22 bits per heavy atom. The lowest BCUT2D eigenvalue weighted by Crippen LogP contribution is -2.11. The average molecular weight is 353 g/mol. The molecule has 0 saturated carbocycles. The Morgan fingerprint density at radius 3 is 2.70 bits per heavy atom. The van der Waals surface area contributed by atoms with E-state index in [9.17, 15) is 4.79 Å². The molecule has 23 heavy (non-hydrogen) atoms. The molecule has 2 aromatic rings. The van der Waals surface area contributed by atoms with Crippen LogP contribution in [0, 0.1) is 0 Å². The molecule has 0 unspecified atom stereocenters. The molecule has 0 spiro atoms. The molecule has 0 N–H and O–H groups in total. The van der Waals surface area contributed by atoms with Crippen LogP contribution in [0.4, 0.5) is 0 Å². The highest BCUT2D eigenvalue weighted by Crippen LogP contribution is 2.24. The standard InChI is InChI=1S/C16H14Cl2N2O3/c1-22-20-15(11-4-5-13(17)14(18)9-11)6-7-16(21)23-12-3-2-8-19-10-12/h2-5,8-10H,6-7H2,1H3/b20-15+. The van der Waals surface area contributed by atoms with Crippen LogP contribution in [-0.4, -0.2) is 23.8 Å². The Labute approximate surface area is 143 Å². The first kappa shape index (κ1) is 17.2. The number of benzene rings is 1. The van der Waals surface area contributed by atoms with Crippen LogP contribution in [-0.2, 0) is 9.63 Å². The maximum Gasteiger partial charge on any atom is 0.311 e. The molecule has 0 aliphatic heterocycles. The minimum atomic E-state index is -0.387. The van der Waals surface area contributed by atoms with Crippen LogP contribution < -0.4 is 4.74 Å². The molecule has 0 aliphatic rings. The van der Waals surface area contributed by atoms with E-state index in [-0.39, 0.29) is 12.4 Å². The number of nitrogens with zero attached hydrogens (tertiary/aromatic N) is 2. The van der Waals surface area contributed by atoms with Gasteiger partial charge in [0.25, 0.3) is 0 Å². The van der Waals surface area contributed by atoms with E-state index in [1.165, 1.54) is 13.3 Å². The number of pyridine rings is 1. The molecule has 0 aliphatic carbocycles. The molecular formula is C16H14Cl2N2O3. The van der Waals surface area contributed by atoms with Crippen molar-refractivity contribution in [1.29, 1.82) is 0 Å². The number of ether oxygens (including phenoxy) is 1. The van der Waals surface area contributed by atoms with Crippen LogP contribution >= 0.6 is 23.2 Å². The van der Waals surface area contributed by atoms with Gasteiger partial charge in [-0.05, 0) is 24.3 Å². The van der Waals surface area contributed by atoms with Gasteiger partial charge in [-0.3, -0.25) is 9.78 Å². The van der Waals surface area contributed by atoms with Crippen molar-refractivity contribution >= 4 is 34.9 Å². The lowest BCUT2D eigenvalue weighted by Gasteiger charge is -2.07. The van der Waals surface area contributed by atoms with E-state index in [4.69, 9.17) is 32.8 Å². The van der Waals surface area contributed by atoms with Crippen molar-refractivity contribution in [2.24, 2.45) is 5.16 Å². The second-order valence-corrected chi connectivity index (χ2v) is 5.33. The molecule has 0 amide bonds. The van der Waals surface area contributed by atoms with Crippen molar-refractivity contribution in [2.75, 3.05) is 7.11 Å². The van der Waals surface area contributed by atoms with E-state index in [1.54, 1.807) is 36.5 Å². The first-order chi connectivity index (χ1) is 11.1. The van der Waals surface area contributed by atoms with Crippen LogP contribution in [0.1, 0.15) is 18.4 Å². The molecular weight excluding hydrogens is 339 g/mol. The van der Waals surface area contributed by atoms with Crippen molar-refractivity contribution in [3.8, 4) is 5.75 Å².